The van der Waals surface area contributed by atoms with Crippen LogP contribution >= 0.6 is 0 Å². The molecule has 100 valence electrons. The summed E-state index contributed by atoms with van der Waals surface area (Å²) in [5, 5.41) is 14.8. The topological polar surface area (TPSA) is 43.7 Å². The second kappa shape index (κ2) is 5.29. The summed E-state index contributed by atoms with van der Waals surface area (Å²) in [7, 11) is 1.22. The molecule has 0 aliphatic heterocycles. The smallest absolute Gasteiger partial charge is 0.211 e. The molecule has 1 fully saturated rings. The second-order valence-electron chi connectivity index (χ2n) is 4.93. The van der Waals surface area contributed by atoms with E-state index in [2.05, 4.69) is 0 Å². The Hall–Kier alpha value is -1.06. The van der Waals surface area contributed by atoms with Crippen molar-refractivity contribution in [2.45, 2.75) is 31.3 Å². The Labute approximate surface area is 118 Å². The van der Waals surface area contributed by atoms with Gasteiger partial charge in [0.15, 0.2) is 0 Å². The van der Waals surface area contributed by atoms with E-state index >= 15 is 0 Å². The fourth-order valence-electron chi connectivity index (χ4n) is 2.66. The number of phenols is 1. The summed E-state index contributed by atoms with van der Waals surface area (Å²) in [4.78, 5) is 0.729. The van der Waals surface area contributed by atoms with Gasteiger partial charge in [0.05, 0.1) is 5.60 Å². The Morgan fingerprint density at radius 1 is 1.61 bits per heavy atom. The van der Waals surface area contributed by atoms with Crippen LogP contribution in [0.4, 0.5) is 0 Å². The Bertz CT molecular complexity index is 579. The zero-order chi connectivity index (χ0) is 18.2. The number of aliphatic hydroxyl groups is 1. The van der Waals surface area contributed by atoms with Crippen molar-refractivity contribution in [2.24, 2.45) is 5.92 Å². The zero-order valence-corrected chi connectivity index (χ0v) is 10.5. The predicted molar refractivity (Wildman–Crippen MR) is 72.5 cm³/mol. The van der Waals surface area contributed by atoms with E-state index in [1.165, 1.54) is 19.2 Å². The first-order valence-electron chi connectivity index (χ1n) is 9.14. The van der Waals surface area contributed by atoms with Crippen LogP contribution in [-0.4, -0.2) is 37.1 Å². The Morgan fingerprint density at radius 3 is 3.22 bits per heavy atom. The summed E-state index contributed by atoms with van der Waals surface area (Å²) in [5.74, 6) is -0.860. The Balaban J connectivity index is 2.52. The highest BCUT2D eigenvalue weighted by Crippen LogP contribution is 2.42. The summed E-state index contributed by atoms with van der Waals surface area (Å²) in [5.41, 5.74) is -0.815. The van der Waals surface area contributed by atoms with E-state index in [4.69, 9.17) is 13.4 Å². The maximum atomic E-state index is 9.77. The van der Waals surface area contributed by atoms with Crippen LogP contribution in [0.3, 0.4) is 0 Å². The summed E-state index contributed by atoms with van der Waals surface area (Å²) in [6, 6.07) is 6.23. The summed E-state index contributed by atoms with van der Waals surface area (Å²) < 4.78 is 47.1. The van der Waals surface area contributed by atoms with E-state index in [1.807, 2.05) is 0 Å². The molecule has 0 radical (unpaired) electrons. The molecule has 1 aliphatic carbocycles. The first kappa shape index (κ1) is 7.51. The molecule has 18 heavy (non-hydrogen) atoms. The fraction of sp³-hybridized carbons (Fsp3) is 0.600. The molecule has 0 saturated heterocycles. The molecule has 0 bridgehead atoms. The monoisotopic (exact) mass is 255 g/mol. The number of nitrogens with zero attached hydrogens (tertiary/aromatic N) is 1. The zero-order valence-electron chi connectivity index (χ0n) is 16.5. The van der Waals surface area contributed by atoms with Gasteiger partial charge in [0.25, 0.3) is 0 Å². The van der Waals surface area contributed by atoms with Crippen LogP contribution in [0.15, 0.2) is 24.3 Å². The summed E-state index contributed by atoms with van der Waals surface area (Å²) in [6.45, 7) is -4.81. The Kier molecular flexibility index (Phi) is 2.21. The van der Waals surface area contributed by atoms with Crippen LogP contribution in [0.1, 0.15) is 38.1 Å². The molecule has 2 N–H and O–H groups in total. The van der Waals surface area contributed by atoms with Gasteiger partial charge in [0.1, 0.15) is 5.75 Å². The molecule has 3 nitrogen and oxygen atoms in total. The van der Waals surface area contributed by atoms with Crippen molar-refractivity contribution in [3.05, 3.63) is 29.8 Å². The van der Waals surface area contributed by atoms with Crippen LogP contribution in [-0.2, 0) is 5.60 Å². The molecule has 1 aliphatic rings. The largest absolute Gasteiger partial charge is 0.508 e. The van der Waals surface area contributed by atoms with Gasteiger partial charge in [0, 0.05) is 19.3 Å². The quantitative estimate of drug-likeness (QED) is 0.868. The van der Waals surface area contributed by atoms with Gasteiger partial charge in [-0.15, -0.1) is 0 Å². The van der Waals surface area contributed by atoms with Crippen molar-refractivity contribution < 1.29 is 17.1 Å². The second-order valence-corrected chi connectivity index (χ2v) is 4.93. The van der Waals surface area contributed by atoms with E-state index in [0.717, 1.165) is 17.7 Å². The van der Waals surface area contributed by atoms with E-state index in [0.29, 0.717) is 18.4 Å². The van der Waals surface area contributed by atoms with Gasteiger partial charge in [-0.2, -0.15) is 0 Å². The number of rotatable bonds is 4. The van der Waals surface area contributed by atoms with E-state index in [-0.39, 0.29) is 5.75 Å². The van der Waals surface area contributed by atoms with E-state index < -0.39 is 25.0 Å². The number of hydrogen-bond donors (Lipinski definition) is 2. The molecular weight excluding hydrogens is 226 g/mol. The van der Waals surface area contributed by atoms with Gasteiger partial charge in [-0.05, 0) is 44.6 Å². The predicted octanol–water partition coefficient (Wildman–Crippen LogP) is 2.33. The lowest BCUT2D eigenvalue weighted by molar-refractivity contribution is -0.0619. The van der Waals surface area contributed by atoms with Crippen LogP contribution in [0.5, 0.6) is 5.75 Å². The van der Waals surface area contributed by atoms with Gasteiger partial charge in [-0.25, -0.2) is 0 Å². The van der Waals surface area contributed by atoms with Crippen molar-refractivity contribution in [2.75, 3.05) is 20.5 Å². The van der Waals surface area contributed by atoms with Gasteiger partial charge in [-0.1, -0.05) is 25.0 Å². The standard InChI is InChI=1S/C15H23NO2/c1-16(2)11-13-6-3-4-9-15(13,18)12-7-5-8-14(17)10-12/h5,7-8,10,13,17-18H,3-4,6,9,11H2,1-2H3/t13-,15+/m0/s1/i1D3,11D2,18D. The molecule has 2 atom stereocenters. The molecule has 0 aromatic heterocycles. The minimum absolute atomic E-state index is 0.00187. The third kappa shape index (κ3) is 2.68. The molecule has 3 heteroatoms. The summed E-state index contributed by atoms with van der Waals surface area (Å²) in [6.07, 6.45) is 2.24. The van der Waals surface area contributed by atoms with Crippen molar-refractivity contribution in [1.29, 1.82) is 1.43 Å². The molecule has 1 saturated carbocycles. The van der Waals surface area contributed by atoms with Gasteiger partial charge >= 0.3 is 0 Å². The maximum absolute atomic E-state index is 9.77. The maximum Gasteiger partial charge on any atom is 0.211 e. The lowest BCUT2D eigenvalue weighted by Gasteiger charge is -2.41. The molecule has 0 heterocycles. The molecule has 1 aromatic carbocycles. The van der Waals surface area contributed by atoms with E-state index in [1.54, 1.807) is 12.1 Å². The minimum Gasteiger partial charge on any atom is -0.508 e. The average molecular weight is 255 g/mol. The van der Waals surface area contributed by atoms with Gasteiger partial charge < -0.3 is 15.1 Å². The van der Waals surface area contributed by atoms with Crippen molar-refractivity contribution in [3.63, 3.8) is 0 Å². The van der Waals surface area contributed by atoms with Gasteiger partial charge in [0.2, 0.25) is 1.43 Å². The van der Waals surface area contributed by atoms with Crippen LogP contribution in [0, 0.1) is 5.92 Å². The fourth-order valence-corrected chi connectivity index (χ4v) is 2.66. The molecule has 1 aromatic rings. The molecule has 0 unspecified atom stereocenters. The van der Waals surface area contributed by atoms with Crippen molar-refractivity contribution in [1.82, 2.24) is 4.90 Å². The molecule has 0 spiro atoms. The lowest BCUT2D eigenvalue weighted by atomic mass is 9.71. The van der Waals surface area contributed by atoms with Crippen LogP contribution in [0.2, 0.25) is 0 Å². The van der Waals surface area contributed by atoms with E-state index in [9.17, 15) is 5.11 Å². The first-order chi connectivity index (χ1) is 11.1. The van der Waals surface area contributed by atoms with Crippen molar-refractivity contribution >= 4 is 0 Å². The third-order valence-corrected chi connectivity index (χ3v) is 3.54. The SMILES string of the molecule is [2H]O[C@@]1(c2cccc(O)c2)CCCC[C@H]1C([2H])([2H])N(C)C([2H])([2H])[2H]. The highest BCUT2D eigenvalue weighted by Gasteiger charge is 2.40. The molecule has 2 rings (SSSR count). The minimum atomic E-state index is -2.60. The number of phenolic OH excluding ortho intramolecular Hbond substituents is 1. The highest BCUT2D eigenvalue weighted by atomic mass is 16.3. The lowest BCUT2D eigenvalue weighted by Crippen LogP contribution is -2.43. The number of aromatic hydroxyl groups is 1. The first-order valence-corrected chi connectivity index (χ1v) is 6.23. The Morgan fingerprint density at radius 2 is 2.50 bits per heavy atom. The molecule has 0 amide bonds. The van der Waals surface area contributed by atoms with Gasteiger partial charge in [-0.3, -0.25) is 0 Å². The van der Waals surface area contributed by atoms with Crippen LogP contribution in [0.25, 0.3) is 0 Å². The third-order valence-electron chi connectivity index (χ3n) is 3.54. The average Bonchev–Trinajstić information content (AvgIpc) is 2.53. The number of benzene rings is 1. The highest BCUT2D eigenvalue weighted by molar-refractivity contribution is 5.32. The summed E-state index contributed by atoms with van der Waals surface area (Å²) >= 11 is 0. The molecular formula is C15H23NO2. The normalized spacial score (nSPS) is 34.9. The van der Waals surface area contributed by atoms with Crippen LogP contribution < -0.4 is 0 Å². The number of hydrogen-bond acceptors (Lipinski definition) is 3. The van der Waals surface area contributed by atoms with Crippen molar-refractivity contribution in [3.8, 4) is 5.75 Å².